The summed E-state index contributed by atoms with van der Waals surface area (Å²) in [5, 5.41) is 0.143. The van der Waals surface area contributed by atoms with E-state index in [1.165, 1.54) is 30.9 Å². The van der Waals surface area contributed by atoms with Crippen LogP contribution in [0, 0.1) is 0 Å². The van der Waals surface area contributed by atoms with E-state index in [0.717, 1.165) is 5.75 Å². The van der Waals surface area contributed by atoms with Crippen molar-refractivity contribution in [1.82, 2.24) is 4.72 Å². The molecule has 0 fully saturated rings. The van der Waals surface area contributed by atoms with Crippen LogP contribution in [0.15, 0.2) is 53.4 Å². The Hall–Kier alpha value is -1.54. The summed E-state index contributed by atoms with van der Waals surface area (Å²) in [5.74, 6) is 0.766. The molecule has 0 saturated heterocycles. The van der Waals surface area contributed by atoms with Crippen molar-refractivity contribution in [2.24, 2.45) is 0 Å². The number of nitrogens with one attached hydrogen (secondary N) is 1. The zero-order valence-corrected chi connectivity index (χ0v) is 16.0. The number of hydrogen-bond acceptors (Lipinski definition) is 5. The van der Waals surface area contributed by atoms with Crippen LogP contribution in [0.4, 0.5) is 0 Å². The number of carbonyl (C=O) groups is 1. The van der Waals surface area contributed by atoms with E-state index in [2.05, 4.69) is 9.46 Å². The Morgan fingerprint density at radius 2 is 1.92 bits per heavy atom. The second-order valence-corrected chi connectivity index (χ2v) is 8.35. The highest BCUT2D eigenvalue weighted by molar-refractivity contribution is 7.98. The minimum Gasteiger partial charge on any atom is -0.465 e. The van der Waals surface area contributed by atoms with Gasteiger partial charge in [0.15, 0.2) is 0 Å². The van der Waals surface area contributed by atoms with E-state index in [0.29, 0.717) is 5.75 Å². The Bertz CT molecular complexity index is 826. The second-order valence-electron chi connectivity index (χ2n) is 5.07. The quantitative estimate of drug-likeness (QED) is 0.544. The highest BCUT2D eigenvalue weighted by atomic mass is 35.5. The van der Waals surface area contributed by atoms with Crippen LogP contribution in [0.25, 0.3) is 0 Å². The van der Waals surface area contributed by atoms with Gasteiger partial charge in [0, 0.05) is 18.1 Å². The molecule has 25 heavy (non-hydrogen) atoms. The van der Waals surface area contributed by atoms with Crippen molar-refractivity contribution < 1.29 is 17.9 Å². The van der Waals surface area contributed by atoms with Crippen molar-refractivity contribution in [2.45, 2.75) is 10.6 Å². The number of hydrogen-bond donors (Lipinski definition) is 1. The number of benzene rings is 2. The fourth-order valence-corrected chi connectivity index (χ4v) is 4.23. The second kappa shape index (κ2) is 9.24. The first kappa shape index (κ1) is 19.8. The van der Waals surface area contributed by atoms with Gasteiger partial charge in [0.25, 0.3) is 0 Å². The SMILES string of the molecule is COC(=O)c1cc(S(=O)(=O)NCCSCc2ccccc2)ccc1Cl. The van der Waals surface area contributed by atoms with Crippen LogP contribution in [-0.2, 0) is 20.5 Å². The molecular formula is C17H18ClNO4S2. The van der Waals surface area contributed by atoms with Crippen molar-refractivity contribution in [3.63, 3.8) is 0 Å². The number of carbonyl (C=O) groups excluding carboxylic acids is 1. The first-order valence-electron chi connectivity index (χ1n) is 7.43. The maximum absolute atomic E-state index is 12.3. The molecule has 134 valence electrons. The van der Waals surface area contributed by atoms with E-state index >= 15 is 0 Å². The average Bonchev–Trinajstić information content (AvgIpc) is 2.61. The standard InChI is InChI=1S/C17H18ClNO4S2/c1-23-17(20)15-11-14(7-8-16(15)18)25(21,22)19-9-10-24-12-13-5-3-2-4-6-13/h2-8,11,19H,9-10,12H2,1H3. The number of thioether (sulfide) groups is 1. The minimum absolute atomic E-state index is 0.0190. The maximum atomic E-state index is 12.3. The van der Waals surface area contributed by atoms with Gasteiger partial charge in [-0.05, 0) is 23.8 Å². The molecule has 0 bridgehead atoms. The monoisotopic (exact) mass is 399 g/mol. The third kappa shape index (κ3) is 5.74. The van der Waals surface area contributed by atoms with E-state index in [9.17, 15) is 13.2 Å². The van der Waals surface area contributed by atoms with E-state index in [1.807, 2.05) is 30.3 Å². The van der Waals surface area contributed by atoms with Crippen LogP contribution in [0.1, 0.15) is 15.9 Å². The number of sulfonamides is 1. The highest BCUT2D eigenvalue weighted by Gasteiger charge is 2.18. The van der Waals surface area contributed by atoms with Crippen LogP contribution in [-0.4, -0.2) is 33.8 Å². The van der Waals surface area contributed by atoms with E-state index in [-0.39, 0.29) is 22.0 Å². The summed E-state index contributed by atoms with van der Waals surface area (Å²) < 4.78 is 31.8. The van der Waals surface area contributed by atoms with Gasteiger partial charge in [0.1, 0.15) is 0 Å². The van der Waals surface area contributed by atoms with E-state index < -0.39 is 16.0 Å². The van der Waals surface area contributed by atoms with Gasteiger partial charge in [-0.1, -0.05) is 41.9 Å². The van der Waals surface area contributed by atoms with Crippen molar-refractivity contribution in [1.29, 1.82) is 0 Å². The molecule has 0 atom stereocenters. The number of rotatable bonds is 8. The van der Waals surface area contributed by atoms with Crippen molar-refractivity contribution in [3.8, 4) is 0 Å². The third-order valence-electron chi connectivity index (χ3n) is 3.30. The van der Waals surface area contributed by atoms with Crippen LogP contribution < -0.4 is 4.72 Å². The third-order valence-corrected chi connectivity index (χ3v) is 6.12. The fourth-order valence-electron chi connectivity index (χ4n) is 2.03. The van der Waals surface area contributed by atoms with Gasteiger partial charge in [-0.3, -0.25) is 0 Å². The van der Waals surface area contributed by atoms with Gasteiger partial charge < -0.3 is 4.74 Å². The maximum Gasteiger partial charge on any atom is 0.339 e. The zero-order chi connectivity index (χ0) is 18.3. The van der Waals surface area contributed by atoms with Gasteiger partial charge in [-0.25, -0.2) is 17.9 Å². The molecule has 0 aliphatic heterocycles. The topological polar surface area (TPSA) is 72.5 Å². The lowest BCUT2D eigenvalue weighted by atomic mass is 10.2. The molecule has 0 aliphatic carbocycles. The molecule has 2 aromatic carbocycles. The Kier molecular flexibility index (Phi) is 7.31. The molecule has 0 radical (unpaired) electrons. The summed E-state index contributed by atoms with van der Waals surface area (Å²) in [5.41, 5.74) is 1.21. The molecule has 8 heteroatoms. The minimum atomic E-state index is -3.72. The summed E-state index contributed by atoms with van der Waals surface area (Å²) in [6.07, 6.45) is 0. The number of halogens is 1. The summed E-state index contributed by atoms with van der Waals surface area (Å²) in [6, 6.07) is 13.9. The lowest BCUT2D eigenvalue weighted by Gasteiger charge is -2.09. The number of ether oxygens (including phenoxy) is 1. The number of esters is 1. The zero-order valence-electron chi connectivity index (χ0n) is 13.6. The van der Waals surface area contributed by atoms with Gasteiger partial charge in [-0.15, -0.1) is 0 Å². The highest BCUT2D eigenvalue weighted by Crippen LogP contribution is 2.21. The molecular weight excluding hydrogens is 382 g/mol. The summed E-state index contributed by atoms with van der Waals surface area (Å²) in [7, 11) is -2.51. The molecule has 0 heterocycles. The first-order valence-corrected chi connectivity index (χ1v) is 10.4. The largest absolute Gasteiger partial charge is 0.465 e. The Balaban J connectivity index is 1.92. The summed E-state index contributed by atoms with van der Waals surface area (Å²) >= 11 is 7.54. The molecule has 5 nitrogen and oxygen atoms in total. The van der Waals surface area contributed by atoms with Gasteiger partial charge in [-0.2, -0.15) is 11.8 Å². The van der Waals surface area contributed by atoms with Crippen LogP contribution in [0.5, 0.6) is 0 Å². The van der Waals surface area contributed by atoms with Crippen molar-refractivity contribution in [2.75, 3.05) is 19.4 Å². The van der Waals surface area contributed by atoms with Gasteiger partial charge in [0.2, 0.25) is 10.0 Å². The first-order chi connectivity index (χ1) is 11.9. The van der Waals surface area contributed by atoms with Crippen LogP contribution in [0.3, 0.4) is 0 Å². The van der Waals surface area contributed by atoms with Crippen molar-refractivity contribution in [3.05, 3.63) is 64.7 Å². The smallest absolute Gasteiger partial charge is 0.339 e. The van der Waals surface area contributed by atoms with E-state index in [1.54, 1.807) is 11.8 Å². The lowest BCUT2D eigenvalue weighted by Crippen LogP contribution is -2.26. The number of methoxy groups -OCH3 is 1. The Morgan fingerprint density at radius 1 is 1.20 bits per heavy atom. The van der Waals surface area contributed by atoms with Gasteiger partial charge >= 0.3 is 5.97 Å². The summed E-state index contributed by atoms with van der Waals surface area (Å²) in [4.78, 5) is 11.6. The normalized spacial score (nSPS) is 11.3. The van der Waals surface area contributed by atoms with E-state index in [4.69, 9.17) is 11.6 Å². The van der Waals surface area contributed by atoms with Crippen molar-refractivity contribution >= 4 is 39.4 Å². The molecule has 1 N–H and O–H groups in total. The molecule has 0 saturated carbocycles. The molecule has 0 aliphatic rings. The molecule has 0 spiro atoms. The van der Waals surface area contributed by atoms with Crippen LogP contribution in [0.2, 0.25) is 5.02 Å². The molecule has 2 aromatic rings. The average molecular weight is 400 g/mol. The molecule has 0 unspecified atom stereocenters. The summed E-state index contributed by atoms with van der Waals surface area (Å²) in [6.45, 7) is 0.288. The fraction of sp³-hybridized carbons (Fsp3) is 0.235. The lowest BCUT2D eigenvalue weighted by molar-refractivity contribution is 0.0600. The Morgan fingerprint density at radius 3 is 2.60 bits per heavy atom. The molecule has 0 amide bonds. The molecule has 2 rings (SSSR count). The Labute approximate surface area is 156 Å². The molecule has 0 aromatic heterocycles. The van der Waals surface area contributed by atoms with Gasteiger partial charge in [0.05, 0.1) is 22.6 Å². The predicted octanol–water partition coefficient (Wildman–Crippen LogP) is 3.34. The van der Waals surface area contributed by atoms with Crippen LogP contribution >= 0.6 is 23.4 Å². The predicted molar refractivity (Wildman–Crippen MR) is 101 cm³/mol.